The van der Waals surface area contributed by atoms with E-state index in [1.165, 1.54) is 22.3 Å². The molecule has 0 atom stereocenters. The van der Waals surface area contributed by atoms with Crippen LogP contribution in [0.4, 0.5) is 0 Å². The van der Waals surface area contributed by atoms with Crippen molar-refractivity contribution >= 4 is 10.9 Å². The minimum Gasteiger partial charge on any atom is -0.495 e. The summed E-state index contributed by atoms with van der Waals surface area (Å²) in [6, 6.07) is 27.3. The fraction of sp³-hybridized carbons (Fsp3) is 0.0455. The molecule has 0 saturated carbocycles. The monoisotopic (exact) mass is 311 g/mol. The van der Waals surface area contributed by atoms with E-state index in [1.807, 2.05) is 24.3 Å². The summed E-state index contributed by atoms with van der Waals surface area (Å²) in [7, 11) is 1.67. The van der Waals surface area contributed by atoms with Crippen molar-refractivity contribution in [3.63, 3.8) is 0 Å². The number of rotatable bonds is 3. The van der Waals surface area contributed by atoms with E-state index in [0.717, 1.165) is 16.7 Å². The summed E-state index contributed by atoms with van der Waals surface area (Å²) in [5, 5.41) is 1.10. The van der Waals surface area contributed by atoms with Crippen molar-refractivity contribution in [3.05, 3.63) is 85.1 Å². The van der Waals surface area contributed by atoms with Crippen LogP contribution in [0.3, 0.4) is 0 Å². The Morgan fingerprint density at radius 2 is 1.42 bits per heavy atom. The average molecular weight is 311 g/mol. The van der Waals surface area contributed by atoms with E-state index in [-0.39, 0.29) is 0 Å². The third-order valence-electron chi connectivity index (χ3n) is 4.24. The van der Waals surface area contributed by atoms with Crippen molar-refractivity contribution < 1.29 is 4.74 Å². The van der Waals surface area contributed by atoms with Gasteiger partial charge in [-0.2, -0.15) is 0 Å². The maximum atomic E-state index is 5.33. The van der Waals surface area contributed by atoms with Crippen LogP contribution in [0.15, 0.2) is 85.1 Å². The van der Waals surface area contributed by atoms with Crippen molar-refractivity contribution in [1.29, 1.82) is 0 Å². The van der Waals surface area contributed by atoms with Crippen molar-refractivity contribution in [2.24, 2.45) is 0 Å². The van der Waals surface area contributed by atoms with Crippen LogP contribution >= 0.6 is 0 Å². The average Bonchev–Trinajstić information content (AvgIpc) is 2.68. The highest BCUT2D eigenvalue weighted by atomic mass is 16.5. The second-order valence-electron chi connectivity index (χ2n) is 5.69. The Balaban J connectivity index is 1.80. The summed E-state index contributed by atoms with van der Waals surface area (Å²) >= 11 is 0. The number of nitrogens with zero attached hydrogens (tertiary/aromatic N) is 1. The molecule has 116 valence electrons. The highest BCUT2D eigenvalue weighted by molar-refractivity contribution is 5.95. The Bertz CT molecular complexity index is 976. The number of hydrogen-bond donors (Lipinski definition) is 0. The molecule has 0 unspecified atom stereocenters. The highest BCUT2D eigenvalue weighted by Gasteiger charge is 2.06. The molecule has 2 nitrogen and oxygen atoms in total. The molecule has 0 radical (unpaired) electrons. The summed E-state index contributed by atoms with van der Waals surface area (Å²) in [6.07, 6.45) is 1.75. The zero-order valence-electron chi connectivity index (χ0n) is 13.4. The Morgan fingerprint density at radius 3 is 2.17 bits per heavy atom. The van der Waals surface area contributed by atoms with Crippen molar-refractivity contribution in [2.45, 2.75) is 0 Å². The van der Waals surface area contributed by atoms with Gasteiger partial charge in [0.15, 0.2) is 0 Å². The SMILES string of the molecule is COc1cnc2cccc(-c3ccc(-c4ccccc4)cc3)c2c1. The van der Waals surface area contributed by atoms with Crippen molar-refractivity contribution in [1.82, 2.24) is 4.98 Å². The van der Waals surface area contributed by atoms with Gasteiger partial charge in [0.1, 0.15) is 5.75 Å². The van der Waals surface area contributed by atoms with Crippen LogP contribution in [-0.4, -0.2) is 12.1 Å². The van der Waals surface area contributed by atoms with Crippen LogP contribution in [0, 0.1) is 0 Å². The van der Waals surface area contributed by atoms with Gasteiger partial charge < -0.3 is 4.74 Å². The minimum atomic E-state index is 0.774. The van der Waals surface area contributed by atoms with Gasteiger partial charge in [0, 0.05) is 5.39 Å². The Hall–Kier alpha value is -3.13. The smallest absolute Gasteiger partial charge is 0.137 e. The van der Waals surface area contributed by atoms with Gasteiger partial charge in [-0.05, 0) is 34.4 Å². The fourth-order valence-electron chi connectivity index (χ4n) is 2.97. The van der Waals surface area contributed by atoms with Crippen LogP contribution < -0.4 is 4.74 Å². The van der Waals surface area contributed by atoms with E-state index < -0.39 is 0 Å². The predicted molar refractivity (Wildman–Crippen MR) is 99.2 cm³/mol. The van der Waals surface area contributed by atoms with E-state index in [1.54, 1.807) is 13.3 Å². The van der Waals surface area contributed by atoms with Gasteiger partial charge >= 0.3 is 0 Å². The van der Waals surface area contributed by atoms with Crippen LogP contribution in [0.1, 0.15) is 0 Å². The summed E-state index contributed by atoms with van der Waals surface area (Å²) in [5.74, 6) is 0.774. The van der Waals surface area contributed by atoms with Gasteiger partial charge in [0.2, 0.25) is 0 Å². The van der Waals surface area contributed by atoms with E-state index in [9.17, 15) is 0 Å². The van der Waals surface area contributed by atoms with E-state index in [2.05, 4.69) is 59.6 Å². The van der Waals surface area contributed by atoms with Gasteiger partial charge in [-0.3, -0.25) is 4.98 Å². The van der Waals surface area contributed by atoms with Crippen LogP contribution in [-0.2, 0) is 0 Å². The molecule has 3 aromatic carbocycles. The zero-order valence-corrected chi connectivity index (χ0v) is 13.4. The fourth-order valence-corrected chi connectivity index (χ4v) is 2.97. The Morgan fingerprint density at radius 1 is 0.708 bits per heavy atom. The molecule has 0 saturated heterocycles. The van der Waals surface area contributed by atoms with Gasteiger partial charge in [0.05, 0.1) is 18.8 Å². The van der Waals surface area contributed by atoms with E-state index in [4.69, 9.17) is 4.74 Å². The number of hydrogen-bond acceptors (Lipinski definition) is 2. The lowest BCUT2D eigenvalue weighted by molar-refractivity contribution is 0.414. The van der Waals surface area contributed by atoms with Crippen LogP contribution in [0.5, 0.6) is 5.75 Å². The molecule has 0 aliphatic heterocycles. The zero-order chi connectivity index (χ0) is 16.4. The predicted octanol–water partition coefficient (Wildman–Crippen LogP) is 5.58. The first kappa shape index (κ1) is 14.5. The van der Waals surface area contributed by atoms with E-state index in [0.29, 0.717) is 0 Å². The molecule has 2 heteroatoms. The first-order chi connectivity index (χ1) is 11.8. The van der Waals surface area contributed by atoms with Crippen LogP contribution in [0.25, 0.3) is 33.2 Å². The standard InChI is InChI=1S/C22H17NO/c1-24-19-14-21-20(8-5-9-22(21)23-15-19)18-12-10-17(11-13-18)16-6-3-2-4-7-16/h2-15H,1H3. The molecular formula is C22H17NO. The highest BCUT2D eigenvalue weighted by Crippen LogP contribution is 2.31. The largest absolute Gasteiger partial charge is 0.495 e. The lowest BCUT2D eigenvalue weighted by Crippen LogP contribution is -1.88. The van der Waals surface area contributed by atoms with E-state index >= 15 is 0 Å². The molecule has 0 N–H and O–H groups in total. The summed E-state index contributed by atoms with van der Waals surface area (Å²) in [5.41, 5.74) is 5.76. The van der Waals surface area contributed by atoms with Crippen molar-refractivity contribution in [2.75, 3.05) is 7.11 Å². The van der Waals surface area contributed by atoms with Gasteiger partial charge in [-0.15, -0.1) is 0 Å². The topological polar surface area (TPSA) is 22.1 Å². The molecule has 0 amide bonds. The molecule has 0 bridgehead atoms. The third kappa shape index (κ3) is 2.63. The number of aromatic nitrogens is 1. The molecule has 4 rings (SSSR count). The second kappa shape index (κ2) is 6.17. The van der Waals surface area contributed by atoms with Crippen molar-refractivity contribution in [3.8, 4) is 28.0 Å². The summed E-state index contributed by atoms with van der Waals surface area (Å²) in [4.78, 5) is 4.48. The number of fused-ring (bicyclic) bond motifs is 1. The lowest BCUT2D eigenvalue weighted by Gasteiger charge is -2.09. The van der Waals surface area contributed by atoms with Gasteiger partial charge in [-0.25, -0.2) is 0 Å². The maximum absolute atomic E-state index is 5.33. The molecule has 0 fully saturated rings. The number of ether oxygens (including phenoxy) is 1. The molecule has 1 aromatic heterocycles. The van der Waals surface area contributed by atoms with Crippen LogP contribution in [0.2, 0.25) is 0 Å². The Kier molecular flexibility index (Phi) is 3.72. The molecule has 1 heterocycles. The second-order valence-corrected chi connectivity index (χ2v) is 5.69. The third-order valence-corrected chi connectivity index (χ3v) is 4.24. The quantitative estimate of drug-likeness (QED) is 0.493. The molecule has 4 aromatic rings. The first-order valence-electron chi connectivity index (χ1n) is 7.94. The molecular weight excluding hydrogens is 294 g/mol. The number of pyridine rings is 1. The number of methoxy groups -OCH3 is 1. The van der Waals surface area contributed by atoms with Gasteiger partial charge in [0.25, 0.3) is 0 Å². The molecule has 0 aliphatic carbocycles. The minimum absolute atomic E-state index is 0.774. The number of benzene rings is 3. The molecule has 0 spiro atoms. The molecule has 24 heavy (non-hydrogen) atoms. The van der Waals surface area contributed by atoms with Gasteiger partial charge in [-0.1, -0.05) is 66.7 Å². The Labute approximate surface area is 141 Å². The maximum Gasteiger partial charge on any atom is 0.137 e. The summed E-state index contributed by atoms with van der Waals surface area (Å²) in [6.45, 7) is 0. The summed E-state index contributed by atoms with van der Waals surface area (Å²) < 4.78 is 5.33. The normalized spacial score (nSPS) is 10.7. The lowest BCUT2D eigenvalue weighted by atomic mass is 9.97. The molecule has 0 aliphatic rings. The first-order valence-corrected chi connectivity index (χ1v) is 7.94.